The van der Waals surface area contributed by atoms with Crippen LogP contribution in [0.15, 0.2) is 30.3 Å². The van der Waals surface area contributed by atoms with Crippen molar-refractivity contribution in [3.63, 3.8) is 0 Å². The van der Waals surface area contributed by atoms with E-state index < -0.39 is 0 Å². The van der Waals surface area contributed by atoms with Gasteiger partial charge in [0.1, 0.15) is 17.5 Å². The van der Waals surface area contributed by atoms with Gasteiger partial charge in [0.15, 0.2) is 0 Å². The van der Waals surface area contributed by atoms with Crippen molar-refractivity contribution >= 4 is 5.82 Å². The first-order valence-corrected chi connectivity index (χ1v) is 11.2. The van der Waals surface area contributed by atoms with Crippen LogP contribution in [0.1, 0.15) is 44.3 Å². The Morgan fingerprint density at radius 3 is 2.57 bits per heavy atom. The van der Waals surface area contributed by atoms with Crippen LogP contribution in [0.25, 0.3) is 11.3 Å². The van der Waals surface area contributed by atoms with Gasteiger partial charge < -0.3 is 4.90 Å². The van der Waals surface area contributed by atoms with Crippen LogP contribution in [-0.2, 0) is 0 Å². The van der Waals surface area contributed by atoms with E-state index in [1.807, 2.05) is 6.07 Å². The number of hydrogen-bond acceptors (Lipinski definition) is 5. The van der Waals surface area contributed by atoms with E-state index in [2.05, 4.69) is 22.8 Å². The molecule has 0 radical (unpaired) electrons. The molecule has 1 aromatic carbocycles. The zero-order chi connectivity index (χ0) is 20.7. The minimum Gasteiger partial charge on any atom is -0.356 e. The second-order valence-corrected chi connectivity index (χ2v) is 9.07. The van der Waals surface area contributed by atoms with Crippen molar-refractivity contribution in [1.82, 2.24) is 14.9 Å². The predicted octanol–water partition coefficient (Wildman–Crippen LogP) is 4.22. The molecule has 30 heavy (non-hydrogen) atoms. The molecule has 0 bridgehead atoms. The van der Waals surface area contributed by atoms with E-state index in [9.17, 15) is 9.65 Å². The molecule has 3 saturated heterocycles. The SMILES string of the molecule is CC1CN2CCCC2C1c1nc(-c2ccc(F)cc2)cc(N2CCC(C#N)CC2)n1. The quantitative estimate of drug-likeness (QED) is 0.765. The monoisotopic (exact) mass is 405 g/mol. The molecular formula is C24H28FN5. The molecule has 0 saturated carbocycles. The third-order valence-corrected chi connectivity index (χ3v) is 7.13. The van der Waals surface area contributed by atoms with E-state index in [-0.39, 0.29) is 11.7 Å². The first kappa shape index (κ1) is 19.4. The lowest BCUT2D eigenvalue weighted by Gasteiger charge is -2.31. The first-order valence-electron chi connectivity index (χ1n) is 11.2. The van der Waals surface area contributed by atoms with Gasteiger partial charge in [-0.3, -0.25) is 4.90 Å². The third-order valence-electron chi connectivity index (χ3n) is 7.13. The Labute approximate surface area is 177 Å². The number of piperidine rings is 1. The van der Waals surface area contributed by atoms with E-state index in [1.165, 1.54) is 31.5 Å². The number of nitrogens with zero attached hydrogens (tertiary/aromatic N) is 5. The minimum absolute atomic E-state index is 0.140. The Kier molecular flexibility index (Phi) is 5.16. The van der Waals surface area contributed by atoms with Gasteiger partial charge >= 0.3 is 0 Å². The van der Waals surface area contributed by atoms with Crippen molar-refractivity contribution in [3.05, 3.63) is 42.0 Å². The maximum Gasteiger partial charge on any atom is 0.136 e. The number of anilines is 1. The molecule has 5 nitrogen and oxygen atoms in total. The number of hydrogen-bond donors (Lipinski definition) is 0. The summed E-state index contributed by atoms with van der Waals surface area (Å²) in [5.74, 6) is 2.63. The van der Waals surface area contributed by atoms with Crippen molar-refractivity contribution in [3.8, 4) is 17.3 Å². The molecule has 3 aliphatic heterocycles. The molecule has 4 heterocycles. The summed E-state index contributed by atoms with van der Waals surface area (Å²) < 4.78 is 13.5. The highest BCUT2D eigenvalue weighted by molar-refractivity contribution is 5.63. The molecule has 0 aliphatic carbocycles. The highest BCUT2D eigenvalue weighted by Crippen LogP contribution is 2.42. The van der Waals surface area contributed by atoms with Crippen molar-refractivity contribution in [2.24, 2.45) is 11.8 Å². The van der Waals surface area contributed by atoms with E-state index in [0.717, 1.165) is 55.4 Å². The van der Waals surface area contributed by atoms with E-state index in [4.69, 9.17) is 9.97 Å². The lowest BCUT2D eigenvalue weighted by atomic mass is 9.89. The second kappa shape index (κ2) is 7.96. The highest BCUT2D eigenvalue weighted by Gasteiger charge is 2.44. The number of halogens is 1. The van der Waals surface area contributed by atoms with Crippen LogP contribution < -0.4 is 4.90 Å². The van der Waals surface area contributed by atoms with Gasteiger partial charge in [-0.1, -0.05) is 6.92 Å². The average molecular weight is 406 g/mol. The summed E-state index contributed by atoms with van der Waals surface area (Å²) >= 11 is 0. The molecule has 156 valence electrons. The minimum atomic E-state index is -0.238. The summed E-state index contributed by atoms with van der Waals surface area (Å²) in [4.78, 5) is 15.0. The van der Waals surface area contributed by atoms with Crippen LogP contribution >= 0.6 is 0 Å². The summed E-state index contributed by atoms with van der Waals surface area (Å²) in [7, 11) is 0. The van der Waals surface area contributed by atoms with Crippen LogP contribution in [0, 0.1) is 29.0 Å². The molecular weight excluding hydrogens is 377 g/mol. The molecule has 3 unspecified atom stereocenters. The van der Waals surface area contributed by atoms with Gasteiger partial charge in [0.2, 0.25) is 0 Å². The van der Waals surface area contributed by atoms with E-state index in [1.54, 1.807) is 12.1 Å². The number of nitriles is 1. The first-order chi connectivity index (χ1) is 14.6. The van der Waals surface area contributed by atoms with Gasteiger partial charge in [-0.15, -0.1) is 0 Å². The third kappa shape index (κ3) is 3.56. The van der Waals surface area contributed by atoms with Crippen molar-refractivity contribution < 1.29 is 4.39 Å². The Morgan fingerprint density at radius 1 is 1.07 bits per heavy atom. The number of rotatable bonds is 3. The summed E-state index contributed by atoms with van der Waals surface area (Å²) in [5, 5.41) is 9.24. The predicted molar refractivity (Wildman–Crippen MR) is 114 cm³/mol. The van der Waals surface area contributed by atoms with Gasteiger partial charge in [-0.2, -0.15) is 5.26 Å². The molecule has 0 amide bonds. The van der Waals surface area contributed by atoms with Crippen LogP contribution in [0.3, 0.4) is 0 Å². The largest absolute Gasteiger partial charge is 0.356 e. The summed E-state index contributed by atoms with van der Waals surface area (Å²) in [6.45, 7) is 6.29. The Hall–Kier alpha value is -2.52. The zero-order valence-electron chi connectivity index (χ0n) is 17.5. The Bertz CT molecular complexity index is 945. The average Bonchev–Trinajstić information content (AvgIpc) is 3.34. The van der Waals surface area contributed by atoms with Crippen LogP contribution in [-0.4, -0.2) is 47.1 Å². The molecule has 1 aromatic heterocycles. The topological polar surface area (TPSA) is 56.1 Å². The van der Waals surface area contributed by atoms with Crippen molar-refractivity contribution in [2.45, 2.75) is 44.6 Å². The van der Waals surface area contributed by atoms with Gasteiger partial charge in [-0.25, -0.2) is 14.4 Å². The Balaban J connectivity index is 1.54. The number of aromatic nitrogens is 2. The molecule has 6 heteroatoms. The molecule has 3 aliphatic rings. The van der Waals surface area contributed by atoms with E-state index in [0.29, 0.717) is 17.9 Å². The molecule has 0 spiro atoms. The van der Waals surface area contributed by atoms with Crippen LogP contribution in [0.2, 0.25) is 0 Å². The molecule has 3 fully saturated rings. The lowest BCUT2D eigenvalue weighted by molar-refractivity contribution is 0.310. The summed E-state index contributed by atoms with van der Waals surface area (Å²) in [6, 6.07) is 11.6. The van der Waals surface area contributed by atoms with Crippen molar-refractivity contribution in [2.75, 3.05) is 31.1 Å². The van der Waals surface area contributed by atoms with Crippen LogP contribution in [0.5, 0.6) is 0 Å². The molecule has 2 aromatic rings. The van der Waals surface area contributed by atoms with Gasteiger partial charge in [0, 0.05) is 49.1 Å². The fourth-order valence-electron chi connectivity index (χ4n) is 5.54. The van der Waals surface area contributed by atoms with E-state index >= 15 is 0 Å². The van der Waals surface area contributed by atoms with Gasteiger partial charge in [0.25, 0.3) is 0 Å². The fraction of sp³-hybridized carbons (Fsp3) is 0.542. The molecule has 5 rings (SSSR count). The maximum atomic E-state index is 13.5. The maximum absolute atomic E-state index is 13.5. The smallest absolute Gasteiger partial charge is 0.136 e. The Morgan fingerprint density at radius 2 is 1.83 bits per heavy atom. The number of fused-ring (bicyclic) bond motifs is 1. The number of benzene rings is 1. The van der Waals surface area contributed by atoms with Crippen molar-refractivity contribution in [1.29, 1.82) is 5.26 Å². The normalized spacial score (nSPS) is 27.2. The summed E-state index contributed by atoms with van der Waals surface area (Å²) in [5.41, 5.74) is 1.78. The zero-order valence-corrected chi connectivity index (χ0v) is 17.5. The molecule has 0 N–H and O–H groups in total. The van der Waals surface area contributed by atoms with Crippen LogP contribution in [0.4, 0.5) is 10.2 Å². The standard InChI is InChI=1S/C24H28FN5/c1-16-15-30-10-2-3-21(30)23(16)24-27-20(18-4-6-19(25)7-5-18)13-22(28-24)29-11-8-17(14-26)9-12-29/h4-7,13,16-17,21,23H,2-3,8-12,15H2,1H3. The lowest BCUT2D eigenvalue weighted by Crippen LogP contribution is -2.34. The fourth-order valence-corrected chi connectivity index (χ4v) is 5.54. The summed E-state index contributed by atoms with van der Waals surface area (Å²) in [6.07, 6.45) is 4.21. The molecule has 3 atom stereocenters. The van der Waals surface area contributed by atoms with Gasteiger partial charge in [-0.05, 0) is 62.4 Å². The second-order valence-electron chi connectivity index (χ2n) is 9.07. The van der Waals surface area contributed by atoms with Gasteiger partial charge in [0.05, 0.1) is 11.8 Å². The highest BCUT2D eigenvalue weighted by atomic mass is 19.1.